The minimum Gasteiger partial charge on any atom is -0.398 e. The van der Waals surface area contributed by atoms with Crippen LogP contribution in [0, 0.1) is 0 Å². The predicted molar refractivity (Wildman–Crippen MR) is 81.8 cm³/mol. The zero-order chi connectivity index (χ0) is 14.5. The normalized spacial score (nSPS) is 10.7. The van der Waals surface area contributed by atoms with Gasteiger partial charge in [0.25, 0.3) is 0 Å². The molecule has 0 bridgehead atoms. The van der Waals surface area contributed by atoms with Crippen molar-refractivity contribution < 1.29 is 4.52 Å². The zero-order valence-electron chi connectivity index (χ0n) is 11.7. The van der Waals surface area contributed by atoms with E-state index >= 15 is 0 Å². The number of aromatic nitrogens is 2. The highest BCUT2D eigenvalue weighted by Gasteiger charge is 2.09. The fourth-order valence-corrected chi connectivity index (χ4v) is 2.22. The molecule has 3 rings (SSSR count). The van der Waals surface area contributed by atoms with Crippen LogP contribution in [0.15, 0.2) is 59.1 Å². The summed E-state index contributed by atoms with van der Waals surface area (Å²) in [4.78, 5) is 4.43. The maximum absolute atomic E-state index is 5.92. The van der Waals surface area contributed by atoms with Gasteiger partial charge in [-0.3, -0.25) is 0 Å². The van der Waals surface area contributed by atoms with Gasteiger partial charge < -0.3 is 10.3 Å². The molecule has 0 aliphatic heterocycles. The maximum atomic E-state index is 5.92. The largest absolute Gasteiger partial charge is 0.398 e. The van der Waals surface area contributed by atoms with E-state index in [0.717, 1.165) is 29.9 Å². The van der Waals surface area contributed by atoms with Crippen molar-refractivity contribution >= 4 is 5.69 Å². The molecule has 4 nitrogen and oxygen atoms in total. The van der Waals surface area contributed by atoms with Crippen LogP contribution < -0.4 is 5.73 Å². The summed E-state index contributed by atoms with van der Waals surface area (Å²) in [5.41, 5.74) is 8.96. The standard InChI is InChI=1S/C17H17N3O/c18-15-9-5-4-8-14(15)12-17-19-16(20-21-17)11-10-13-6-2-1-3-7-13/h1-9H,10-12,18H2. The van der Waals surface area contributed by atoms with Crippen LogP contribution >= 0.6 is 0 Å². The number of para-hydroxylation sites is 1. The molecule has 2 N–H and O–H groups in total. The first-order valence-corrected chi connectivity index (χ1v) is 7.00. The maximum Gasteiger partial charge on any atom is 0.231 e. The Morgan fingerprint density at radius 3 is 2.48 bits per heavy atom. The Labute approximate surface area is 123 Å². The number of nitrogens with zero attached hydrogens (tertiary/aromatic N) is 2. The van der Waals surface area contributed by atoms with E-state index in [1.54, 1.807) is 0 Å². The second-order valence-electron chi connectivity index (χ2n) is 4.97. The first-order chi connectivity index (χ1) is 10.3. The second kappa shape index (κ2) is 6.22. The molecule has 0 aliphatic carbocycles. The molecule has 0 unspecified atom stereocenters. The lowest BCUT2D eigenvalue weighted by Gasteiger charge is -2.00. The van der Waals surface area contributed by atoms with Crippen molar-refractivity contribution in [3.8, 4) is 0 Å². The molecule has 21 heavy (non-hydrogen) atoms. The number of nitrogens with two attached hydrogens (primary N) is 1. The quantitative estimate of drug-likeness (QED) is 0.729. The summed E-state index contributed by atoms with van der Waals surface area (Å²) in [7, 11) is 0. The topological polar surface area (TPSA) is 64.9 Å². The van der Waals surface area contributed by atoms with Gasteiger partial charge in [-0.1, -0.05) is 53.7 Å². The Bertz CT molecular complexity index is 707. The summed E-state index contributed by atoms with van der Waals surface area (Å²) in [6.45, 7) is 0. The average molecular weight is 279 g/mol. The van der Waals surface area contributed by atoms with Crippen LogP contribution in [0.25, 0.3) is 0 Å². The highest BCUT2D eigenvalue weighted by molar-refractivity contribution is 5.47. The van der Waals surface area contributed by atoms with Crippen molar-refractivity contribution in [2.45, 2.75) is 19.3 Å². The average Bonchev–Trinajstić information content (AvgIpc) is 2.96. The molecule has 1 aromatic heterocycles. The number of anilines is 1. The molecule has 106 valence electrons. The van der Waals surface area contributed by atoms with Crippen molar-refractivity contribution in [3.05, 3.63) is 77.4 Å². The third-order valence-electron chi connectivity index (χ3n) is 3.39. The summed E-state index contributed by atoms with van der Waals surface area (Å²) in [5.74, 6) is 1.35. The van der Waals surface area contributed by atoms with E-state index in [4.69, 9.17) is 10.3 Å². The molecule has 0 saturated carbocycles. The summed E-state index contributed by atoms with van der Waals surface area (Å²) >= 11 is 0. The summed E-state index contributed by atoms with van der Waals surface area (Å²) in [6, 6.07) is 18.0. The number of hydrogen-bond donors (Lipinski definition) is 1. The van der Waals surface area contributed by atoms with Crippen LogP contribution in [-0.2, 0) is 19.3 Å². The molecule has 0 saturated heterocycles. The highest BCUT2D eigenvalue weighted by Crippen LogP contribution is 2.15. The van der Waals surface area contributed by atoms with Gasteiger partial charge in [-0.2, -0.15) is 4.98 Å². The number of benzene rings is 2. The molecule has 0 fully saturated rings. The molecule has 0 spiro atoms. The smallest absolute Gasteiger partial charge is 0.231 e. The second-order valence-corrected chi connectivity index (χ2v) is 4.97. The fourth-order valence-electron chi connectivity index (χ4n) is 2.22. The summed E-state index contributed by atoms with van der Waals surface area (Å²) in [5, 5.41) is 4.03. The molecule has 0 amide bonds. The van der Waals surface area contributed by atoms with Crippen molar-refractivity contribution in [1.29, 1.82) is 0 Å². The first-order valence-electron chi connectivity index (χ1n) is 7.00. The van der Waals surface area contributed by atoms with E-state index in [1.165, 1.54) is 5.56 Å². The lowest BCUT2D eigenvalue weighted by atomic mass is 10.1. The van der Waals surface area contributed by atoms with Crippen LogP contribution in [0.1, 0.15) is 22.8 Å². The monoisotopic (exact) mass is 279 g/mol. The number of rotatable bonds is 5. The predicted octanol–water partition coefficient (Wildman–Crippen LogP) is 3.03. The van der Waals surface area contributed by atoms with Crippen LogP contribution in [-0.4, -0.2) is 10.1 Å². The third kappa shape index (κ3) is 3.48. The van der Waals surface area contributed by atoms with Crippen molar-refractivity contribution in [2.24, 2.45) is 0 Å². The van der Waals surface area contributed by atoms with Gasteiger partial charge in [-0.05, 0) is 23.6 Å². The van der Waals surface area contributed by atoms with Gasteiger partial charge in [0.2, 0.25) is 5.89 Å². The fraction of sp³-hybridized carbons (Fsp3) is 0.176. The van der Waals surface area contributed by atoms with Crippen molar-refractivity contribution in [3.63, 3.8) is 0 Å². The van der Waals surface area contributed by atoms with E-state index in [9.17, 15) is 0 Å². The lowest BCUT2D eigenvalue weighted by molar-refractivity contribution is 0.379. The third-order valence-corrected chi connectivity index (χ3v) is 3.39. The van der Waals surface area contributed by atoms with Gasteiger partial charge in [0.15, 0.2) is 5.82 Å². The molecule has 3 aromatic rings. The Morgan fingerprint density at radius 2 is 1.67 bits per heavy atom. The minimum absolute atomic E-state index is 0.574. The van der Waals surface area contributed by atoms with Crippen LogP contribution in [0.2, 0.25) is 0 Å². The molecule has 0 aliphatic rings. The molecule has 0 atom stereocenters. The molecular weight excluding hydrogens is 262 g/mol. The molecule has 1 heterocycles. The highest BCUT2D eigenvalue weighted by atomic mass is 16.5. The summed E-state index contributed by atoms with van der Waals surface area (Å²) in [6.07, 6.45) is 2.26. The van der Waals surface area contributed by atoms with Gasteiger partial charge in [-0.25, -0.2) is 0 Å². The number of aryl methyl sites for hydroxylation is 2. The number of hydrogen-bond acceptors (Lipinski definition) is 4. The van der Waals surface area contributed by atoms with Crippen LogP contribution in [0.5, 0.6) is 0 Å². The van der Waals surface area contributed by atoms with Gasteiger partial charge >= 0.3 is 0 Å². The van der Waals surface area contributed by atoms with E-state index in [-0.39, 0.29) is 0 Å². The Hall–Kier alpha value is -2.62. The van der Waals surface area contributed by atoms with E-state index in [0.29, 0.717) is 12.3 Å². The van der Waals surface area contributed by atoms with Crippen molar-refractivity contribution in [2.75, 3.05) is 5.73 Å². The Balaban J connectivity index is 1.63. The van der Waals surface area contributed by atoms with Gasteiger partial charge in [0.05, 0.1) is 6.42 Å². The first kappa shape index (κ1) is 13.4. The van der Waals surface area contributed by atoms with Crippen molar-refractivity contribution in [1.82, 2.24) is 10.1 Å². The Morgan fingerprint density at radius 1 is 0.905 bits per heavy atom. The van der Waals surface area contributed by atoms with E-state index in [2.05, 4.69) is 22.3 Å². The molecule has 2 aromatic carbocycles. The molecular formula is C17H17N3O. The van der Waals surface area contributed by atoms with E-state index < -0.39 is 0 Å². The SMILES string of the molecule is Nc1ccccc1Cc1nc(CCc2ccccc2)no1. The van der Waals surface area contributed by atoms with Crippen LogP contribution in [0.3, 0.4) is 0 Å². The van der Waals surface area contributed by atoms with Gasteiger partial charge in [0, 0.05) is 12.1 Å². The molecule has 0 radical (unpaired) electrons. The molecule has 4 heteroatoms. The lowest BCUT2D eigenvalue weighted by Crippen LogP contribution is -1.96. The minimum atomic E-state index is 0.574. The van der Waals surface area contributed by atoms with Gasteiger partial charge in [-0.15, -0.1) is 0 Å². The summed E-state index contributed by atoms with van der Waals surface area (Å²) < 4.78 is 5.30. The zero-order valence-corrected chi connectivity index (χ0v) is 11.7. The Kier molecular flexibility index (Phi) is 3.96. The number of nitrogen functional groups attached to an aromatic ring is 1. The van der Waals surface area contributed by atoms with Gasteiger partial charge in [0.1, 0.15) is 0 Å². The van der Waals surface area contributed by atoms with E-state index in [1.807, 2.05) is 42.5 Å². The van der Waals surface area contributed by atoms with Crippen LogP contribution in [0.4, 0.5) is 5.69 Å².